The van der Waals surface area contributed by atoms with Crippen LogP contribution in [0.15, 0.2) is 51.8 Å². The first-order chi connectivity index (χ1) is 12.4. The zero-order valence-corrected chi connectivity index (χ0v) is 16.8. The number of anilines is 1. The monoisotopic (exact) mass is 484 g/mol. The highest BCUT2D eigenvalue weighted by atomic mass is 79.9. The Morgan fingerprint density at radius 3 is 2.30 bits per heavy atom. The molecule has 2 N–H and O–H groups in total. The van der Waals surface area contributed by atoms with Crippen molar-refractivity contribution in [2.24, 2.45) is 0 Å². The van der Waals surface area contributed by atoms with Crippen LogP contribution >= 0.6 is 27.5 Å². The standard InChI is InChI=1S/C16H13BrClF3N2O3S/c1-9(23-27(25,26)12-5-2-10(17)3-6-12)15(24)22-14-7-4-11(18)8-13(14)16(19,20)21/h2-9,23H,1H3,(H,22,24)/t9-/m1/s1. The van der Waals surface area contributed by atoms with E-state index in [0.29, 0.717) is 10.5 Å². The number of alkyl halides is 3. The molecule has 2 aromatic rings. The third-order valence-electron chi connectivity index (χ3n) is 3.39. The number of hydrogen-bond acceptors (Lipinski definition) is 3. The summed E-state index contributed by atoms with van der Waals surface area (Å²) >= 11 is 8.75. The predicted octanol–water partition coefficient (Wildman–Crippen LogP) is 4.43. The quantitative estimate of drug-likeness (QED) is 0.658. The molecule has 1 atom stereocenters. The van der Waals surface area contributed by atoms with Gasteiger partial charge in [0.15, 0.2) is 0 Å². The van der Waals surface area contributed by atoms with Crippen LogP contribution in [-0.4, -0.2) is 20.4 Å². The molecule has 0 saturated carbocycles. The lowest BCUT2D eigenvalue weighted by Crippen LogP contribution is -2.41. The van der Waals surface area contributed by atoms with Crippen molar-refractivity contribution in [1.82, 2.24) is 4.72 Å². The smallest absolute Gasteiger partial charge is 0.324 e. The molecule has 0 radical (unpaired) electrons. The molecule has 0 aliphatic carbocycles. The van der Waals surface area contributed by atoms with E-state index in [1.54, 1.807) is 0 Å². The van der Waals surface area contributed by atoms with E-state index >= 15 is 0 Å². The summed E-state index contributed by atoms with van der Waals surface area (Å²) in [5, 5.41) is 1.93. The molecule has 0 spiro atoms. The number of rotatable bonds is 5. The molecule has 0 aliphatic heterocycles. The van der Waals surface area contributed by atoms with Crippen LogP contribution in [0.25, 0.3) is 0 Å². The SMILES string of the molecule is C[C@@H](NS(=O)(=O)c1ccc(Br)cc1)C(=O)Nc1ccc(Cl)cc1C(F)(F)F. The largest absolute Gasteiger partial charge is 0.418 e. The highest BCUT2D eigenvalue weighted by Gasteiger charge is 2.34. The molecule has 0 aromatic heterocycles. The van der Waals surface area contributed by atoms with E-state index in [2.05, 4.69) is 26.0 Å². The van der Waals surface area contributed by atoms with Crippen molar-refractivity contribution in [2.75, 3.05) is 5.32 Å². The number of benzene rings is 2. The van der Waals surface area contributed by atoms with Crippen molar-refractivity contribution in [3.05, 3.63) is 57.5 Å². The Morgan fingerprint density at radius 2 is 1.74 bits per heavy atom. The molecule has 2 rings (SSSR count). The van der Waals surface area contributed by atoms with Crippen LogP contribution in [0.1, 0.15) is 12.5 Å². The van der Waals surface area contributed by atoms with Gasteiger partial charge in [-0.3, -0.25) is 4.79 Å². The number of sulfonamides is 1. The van der Waals surface area contributed by atoms with Gasteiger partial charge in [-0.15, -0.1) is 0 Å². The minimum absolute atomic E-state index is 0.0900. The summed E-state index contributed by atoms with van der Waals surface area (Å²) < 4.78 is 66.6. The van der Waals surface area contributed by atoms with E-state index in [-0.39, 0.29) is 9.92 Å². The molecule has 11 heteroatoms. The van der Waals surface area contributed by atoms with Crippen molar-refractivity contribution in [2.45, 2.75) is 24.0 Å². The van der Waals surface area contributed by atoms with Crippen LogP contribution in [0.2, 0.25) is 5.02 Å². The molecule has 5 nitrogen and oxygen atoms in total. The summed E-state index contributed by atoms with van der Waals surface area (Å²) in [6.07, 6.45) is -4.74. The fourth-order valence-corrected chi connectivity index (χ4v) is 3.71. The summed E-state index contributed by atoms with van der Waals surface area (Å²) in [5.41, 5.74) is -1.65. The lowest BCUT2D eigenvalue weighted by Gasteiger charge is -2.17. The molecule has 0 heterocycles. The molecular weight excluding hydrogens is 473 g/mol. The Morgan fingerprint density at radius 1 is 1.15 bits per heavy atom. The lowest BCUT2D eigenvalue weighted by atomic mass is 10.1. The second-order valence-corrected chi connectivity index (χ2v) is 8.54. The Labute approximate surface area is 167 Å². The van der Waals surface area contributed by atoms with E-state index in [4.69, 9.17) is 11.6 Å². The second-order valence-electron chi connectivity index (χ2n) is 5.47. The summed E-state index contributed by atoms with van der Waals surface area (Å²) in [4.78, 5) is 12.1. The van der Waals surface area contributed by atoms with Crippen molar-refractivity contribution in [3.63, 3.8) is 0 Å². The summed E-state index contributed by atoms with van der Waals surface area (Å²) in [6.45, 7) is 1.22. The molecular formula is C16H13BrClF3N2O3S. The fraction of sp³-hybridized carbons (Fsp3) is 0.188. The first-order valence-corrected chi connectivity index (χ1v) is 10.0. The normalized spacial score (nSPS) is 13.3. The van der Waals surface area contributed by atoms with Gasteiger partial charge in [0.25, 0.3) is 0 Å². The highest BCUT2D eigenvalue weighted by Crippen LogP contribution is 2.36. The van der Waals surface area contributed by atoms with Crippen molar-refractivity contribution >= 4 is 49.1 Å². The van der Waals surface area contributed by atoms with Gasteiger partial charge in [0, 0.05) is 9.50 Å². The van der Waals surface area contributed by atoms with Crippen LogP contribution in [0.3, 0.4) is 0 Å². The van der Waals surface area contributed by atoms with Gasteiger partial charge in [-0.2, -0.15) is 17.9 Å². The van der Waals surface area contributed by atoms with E-state index < -0.39 is 39.4 Å². The number of carbonyl (C=O) groups excluding carboxylic acids is 1. The molecule has 146 valence electrons. The highest BCUT2D eigenvalue weighted by molar-refractivity contribution is 9.10. The zero-order chi connectivity index (χ0) is 20.4. The predicted molar refractivity (Wildman–Crippen MR) is 99.0 cm³/mol. The molecule has 0 saturated heterocycles. The number of carbonyl (C=O) groups is 1. The third-order valence-corrected chi connectivity index (χ3v) is 5.71. The molecule has 0 aliphatic rings. The van der Waals surface area contributed by atoms with E-state index in [0.717, 1.165) is 6.07 Å². The van der Waals surface area contributed by atoms with Gasteiger partial charge in [-0.25, -0.2) is 8.42 Å². The number of amides is 1. The number of nitrogens with one attached hydrogen (secondary N) is 2. The number of hydrogen-bond donors (Lipinski definition) is 2. The minimum Gasteiger partial charge on any atom is -0.324 e. The Hall–Kier alpha value is -1.62. The van der Waals surface area contributed by atoms with Crippen LogP contribution in [0.4, 0.5) is 18.9 Å². The minimum atomic E-state index is -4.74. The van der Waals surface area contributed by atoms with Crippen LogP contribution in [0.5, 0.6) is 0 Å². The lowest BCUT2D eigenvalue weighted by molar-refractivity contribution is -0.137. The fourth-order valence-electron chi connectivity index (χ4n) is 2.07. The molecule has 1 amide bonds. The molecule has 0 unspecified atom stereocenters. The van der Waals surface area contributed by atoms with Crippen molar-refractivity contribution in [1.29, 1.82) is 0 Å². The van der Waals surface area contributed by atoms with Crippen LogP contribution < -0.4 is 10.0 Å². The maximum Gasteiger partial charge on any atom is 0.418 e. The first kappa shape index (κ1) is 21.7. The van der Waals surface area contributed by atoms with E-state index in [1.165, 1.54) is 37.3 Å². The summed E-state index contributed by atoms with van der Waals surface area (Å²) in [5.74, 6) is -0.955. The maximum atomic E-state index is 13.1. The van der Waals surface area contributed by atoms with Gasteiger partial charge < -0.3 is 5.32 Å². The number of halogens is 5. The van der Waals surface area contributed by atoms with Gasteiger partial charge >= 0.3 is 6.18 Å². The van der Waals surface area contributed by atoms with E-state index in [1.807, 2.05) is 0 Å². The molecule has 27 heavy (non-hydrogen) atoms. The summed E-state index contributed by atoms with van der Waals surface area (Å²) in [6, 6.07) is 7.17. The first-order valence-electron chi connectivity index (χ1n) is 7.35. The zero-order valence-electron chi connectivity index (χ0n) is 13.6. The van der Waals surface area contributed by atoms with Crippen LogP contribution in [0, 0.1) is 0 Å². The summed E-state index contributed by atoms with van der Waals surface area (Å²) in [7, 11) is -4.03. The Balaban J connectivity index is 2.18. The average molecular weight is 486 g/mol. The van der Waals surface area contributed by atoms with E-state index in [9.17, 15) is 26.4 Å². The molecule has 0 fully saturated rings. The van der Waals surface area contributed by atoms with Gasteiger partial charge in [0.05, 0.1) is 22.2 Å². The second kappa shape index (κ2) is 8.17. The average Bonchev–Trinajstić information content (AvgIpc) is 2.55. The van der Waals surface area contributed by atoms with Gasteiger partial charge in [-0.05, 0) is 49.4 Å². The van der Waals surface area contributed by atoms with Gasteiger partial charge in [0.1, 0.15) is 0 Å². The van der Waals surface area contributed by atoms with Crippen molar-refractivity contribution < 1.29 is 26.4 Å². The Bertz CT molecular complexity index is 950. The molecule has 0 bridgehead atoms. The maximum absolute atomic E-state index is 13.1. The Kier molecular flexibility index (Phi) is 6.56. The molecule has 2 aromatic carbocycles. The van der Waals surface area contributed by atoms with Gasteiger partial charge in [0.2, 0.25) is 15.9 Å². The third kappa shape index (κ3) is 5.68. The van der Waals surface area contributed by atoms with Gasteiger partial charge in [-0.1, -0.05) is 27.5 Å². The topological polar surface area (TPSA) is 75.3 Å². The van der Waals surface area contributed by atoms with Crippen molar-refractivity contribution in [3.8, 4) is 0 Å². The van der Waals surface area contributed by atoms with Crippen LogP contribution in [-0.2, 0) is 21.0 Å².